The number of amides is 2. The number of likely N-dealkylation sites (N-methyl/N-ethyl adjacent to an activating group) is 1. The summed E-state index contributed by atoms with van der Waals surface area (Å²) in [5.41, 5.74) is 0. The van der Waals surface area contributed by atoms with E-state index in [1.165, 1.54) is 19.3 Å². The van der Waals surface area contributed by atoms with Gasteiger partial charge in [-0.3, -0.25) is 14.5 Å². The summed E-state index contributed by atoms with van der Waals surface area (Å²) in [6.45, 7) is 3.86. The van der Waals surface area contributed by atoms with E-state index in [1.54, 1.807) is 0 Å². The van der Waals surface area contributed by atoms with E-state index in [0.717, 1.165) is 39.0 Å². The largest absolute Gasteiger partial charge is 0.352 e. The Balaban J connectivity index is 1.66. The number of rotatable bonds is 5. The third kappa shape index (κ3) is 5.63. The number of carbonyl (C=O) groups excluding carboxylic acids is 2. The van der Waals surface area contributed by atoms with Crippen LogP contribution in [0.1, 0.15) is 32.1 Å². The lowest BCUT2D eigenvalue weighted by molar-refractivity contribution is -0.133. The summed E-state index contributed by atoms with van der Waals surface area (Å²) in [6, 6.07) is 0.337. The molecule has 0 aromatic carbocycles. The van der Waals surface area contributed by atoms with Gasteiger partial charge in [-0.15, -0.1) is 0 Å². The SMILES string of the molecule is CN(CC(=O)NC1CCCCC1)CC(=O)N1CCNCC1. The highest BCUT2D eigenvalue weighted by molar-refractivity contribution is 5.81. The quantitative estimate of drug-likeness (QED) is 0.737. The first kappa shape index (κ1) is 16.2. The normalized spacial score (nSPS) is 20.6. The maximum atomic E-state index is 12.1. The lowest BCUT2D eigenvalue weighted by Crippen LogP contribution is -2.50. The second-order valence-electron chi connectivity index (χ2n) is 6.21. The van der Waals surface area contributed by atoms with Crippen LogP contribution in [0.15, 0.2) is 0 Å². The van der Waals surface area contributed by atoms with E-state index in [-0.39, 0.29) is 11.8 Å². The van der Waals surface area contributed by atoms with Crippen molar-refractivity contribution in [2.45, 2.75) is 38.1 Å². The molecule has 0 unspecified atom stereocenters. The molecular formula is C15H28N4O2. The number of hydrogen-bond donors (Lipinski definition) is 2. The molecule has 1 saturated heterocycles. The molecular weight excluding hydrogens is 268 g/mol. The molecule has 0 aromatic heterocycles. The van der Waals surface area contributed by atoms with Crippen molar-refractivity contribution in [2.24, 2.45) is 0 Å². The first-order valence-corrected chi connectivity index (χ1v) is 8.11. The van der Waals surface area contributed by atoms with Crippen LogP contribution in [-0.2, 0) is 9.59 Å². The molecule has 0 radical (unpaired) electrons. The van der Waals surface area contributed by atoms with Crippen LogP contribution >= 0.6 is 0 Å². The molecule has 1 aliphatic heterocycles. The van der Waals surface area contributed by atoms with Crippen molar-refractivity contribution in [1.82, 2.24) is 20.4 Å². The molecule has 1 heterocycles. The van der Waals surface area contributed by atoms with Crippen molar-refractivity contribution in [3.05, 3.63) is 0 Å². The molecule has 2 aliphatic rings. The van der Waals surface area contributed by atoms with Crippen LogP contribution < -0.4 is 10.6 Å². The standard InChI is InChI=1S/C15H28N4O2/c1-18(12-15(21)19-9-7-16-8-10-19)11-14(20)17-13-5-3-2-4-6-13/h13,16H,2-12H2,1H3,(H,17,20). The molecule has 120 valence electrons. The van der Waals surface area contributed by atoms with Gasteiger partial charge >= 0.3 is 0 Å². The lowest BCUT2D eigenvalue weighted by atomic mass is 9.95. The third-order valence-corrected chi connectivity index (χ3v) is 4.26. The number of hydrogen-bond acceptors (Lipinski definition) is 4. The Bertz CT molecular complexity index is 350. The molecule has 2 N–H and O–H groups in total. The zero-order valence-electron chi connectivity index (χ0n) is 13.1. The van der Waals surface area contributed by atoms with Crippen molar-refractivity contribution in [1.29, 1.82) is 0 Å². The summed E-state index contributed by atoms with van der Waals surface area (Å²) in [6.07, 6.45) is 5.89. The van der Waals surface area contributed by atoms with E-state index in [1.807, 2.05) is 16.8 Å². The molecule has 1 aliphatic carbocycles. The molecule has 0 atom stereocenters. The summed E-state index contributed by atoms with van der Waals surface area (Å²) in [5, 5.41) is 6.32. The fourth-order valence-electron chi connectivity index (χ4n) is 3.07. The van der Waals surface area contributed by atoms with Gasteiger partial charge in [0.1, 0.15) is 0 Å². The van der Waals surface area contributed by atoms with Gasteiger partial charge in [0.15, 0.2) is 0 Å². The van der Waals surface area contributed by atoms with Crippen LogP contribution in [0, 0.1) is 0 Å². The minimum atomic E-state index is 0.0394. The highest BCUT2D eigenvalue weighted by Gasteiger charge is 2.20. The van der Waals surface area contributed by atoms with Gasteiger partial charge in [-0.1, -0.05) is 19.3 Å². The smallest absolute Gasteiger partial charge is 0.236 e. The van der Waals surface area contributed by atoms with Crippen LogP contribution in [-0.4, -0.2) is 74.0 Å². The van der Waals surface area contributed by atoms with E-state index in [9.17, 15) is 9.59 Å². The Labute approximate surface area is 127 Å². The average molecular weight is 296 g/mol. The Morgan fingerprint density at radius 1 is 1.14 bits per heavy atom. The summed E-state index contributed by atoms with van der Waals surface area (Å²) >= 11 is 0. The van der Waals surface area contributed by atoms with Crippen molar-refractivity contribution >= 4 is 11.8 Å². The Morgan fingerprint density at radius 3 is 2.48 bits per heavy atom. The van der Waals surface area contributed by atoms with Crippen molar-refractivity contribution in [2.75, 3.05) is 46.3 Å². The van der Waals surface area contributed by atoms with Gasteiger partial charge < -0.3 is 15.5 Å². The molecule has 0 bridgehead atoms. The van der Waals surface area contributed by atoms with Crippen molar-refractivity contribution in [3.8, 4) is 0 Å². The Kier molecular flexibility index (Phi) is 6.45. The molecule has 6 heteroatoms. The van der Waals surface area contributed by atoms with E-state index < -0.39 is 0 Å². The van der Waals surface area contributed by atoms with Gasteiger partial charge in [-0.25, -0.2) is 0 Å². The highest BCUT2D eigenvalue weighted by atomic mass is 16.2. The van der Waals surface area contributed by atoms with E-state index in [0.29, 0.717) is 19.1 Å². The molecule has 2 rings (SSSR count). The molecule has 1 saturated carbocycles. The average Bonchev–Trinajstić information content (AvgIpc) is 2.48. The van der Waals surface area contributed by atoms with E-state index in [2.05, 4.69) is 10.6 Å². The third-order valence-electron chi connectivity index (χ3n) is 4.26. The number of carbonyl (C=O) groups is 2. The molecule has 0 spiro atoms. The van der Waals surface area contributed by atoms with Gasteiger partial charge in [0, 0.05) is 32.2 Å². The summed E-state index contributed by atoms with van der Waals surface area (Å²) < 4.78 is 0. The van der Waals surface area contributed by atoms with Crippen LogP contribution in [0.25, 0.3) is 0 Å². The monoisotopic (exact) mass is 296 g/mol. The van der Waals surface area contributed by atoms with Gasteiger partial charge in [0.05, 0.1) is 13.1 Å². The second kappa shape index (κ2) is 8.34. The fourth-order valence-corrected chi connectivity index (χ4v) is 3.07. The van der Waals surface area contributed by atoms with Gasteiger partial charge in [-0.05, 0) is 19.9 Å². The minimum absolute atomic E-state index is 0.0394. The maximum Gasteiger partial charge on any atom is 0.236 e. The summed E-state index contributed by atoms with van der Waals surface area (Å²) in [4.78, 5) is 27.8. The van der Waals surface area contributed by atoms with E-state index >= 15 is 0 Å². The predicted octanol–water partition coefficient (Wildman–Crippen LogP) is -0.201. The summed E-state index contributed by atoms with van der Waals surface area (Å²) in [5.74, 6) is 0.155. The number of nitrogens with zero attached hydrogens (tertiary/aromatic N) is 2. The molecule has 21 heavy (non-hydrogen) atoms. The van der Waals surface area contributed by atoms with Crippen molar-refractivity contribution < 1.29 is 9.59 Å². The zero-order chi connectivity index (χ0) is 15.1. The molecule has 6 nitrogen and oxygen atoms in total. The molecule has 2 fully saturated rings. The molecule has 0 aromatic rings. The predicted molar refractivity (Wildman–Crippen MR) is 82.0 cm³/mol. The lowest BCUT2D eigenvalue weighted by Gasteiger charge is -2.29. The van der Waals surface area contributed by atoms with E-state index in [4.69, 9.17) is 0 Å². The number of piperazine rings is 1. The van der Waals surface area contributed by atoms with Crippen LogP contribution in [0.5, 0.6) is 0 Å². The van der Waals surface area contributed by atoms with Gasteiger partial charge in [0.2, 0.25) is 11.8 Å². The highest BCUT2D eigenvalue weighted by Crippen LogP contribution is 2.17. The first-order chi connectivity index (χ1) is 10.1. The topological polar surface area (TPSA) is 64.7 Å². The van der Waals surface area contributed by atoms with Crippen LogP contribution in [0.3, 0.4) is 0 Å². The summed E-state index contributed by atoms with van der Waals surface area (Å²) in [7, 11) is 1.83. The van der Waals surface area contributed by atoms with Crippen LogP contribution in [0.4, 0.5) is 0 Å². The van der Waals surface area contributed by atoms with Crippen LogP contribution in [0.2, 0.25) is 0 Å². The molecule has 2 amide bonds. The Hall–Kier alpha value is -1.14. The zero-order valence-corrected chi connectivity index (χ0v) is 13.1. The maximum absolute atomic E-state index is 12.1. The second-order valence-corrected chi connectivity index (χ2v) is 6.21. The van der Waals surface area contributed by atoms with Gasteiger partial charge in [0.25, 0.3) is 0 Å². The Morgan fingerprint density at radius 2 is 1.81 bits per heavy atom. The van der Waals surface area contributed by atoms with Crippen molar-refractivity contribution in [3.63, 3.8) is 0 Å². The first-order valence-electron chi connectivity index (χ1n) is 8.11. The van der Waals surface area contributed by atoms with Gasteiger partial charge in [-0.2, -0.15) is 0 Å². The minimum Gasteiger partial charge on any atom is -0.352 e. The fraction of sp³-hybridized carbons (Fsp3) is 0.867. The number of nitrogens with one attached hydrogen (secondary N) is 2.